The molecule has 0 spiro atoms. The number of rotatable bonds is 6. The van der Waals surface area contributed by atoms with Crippen LogP contribution in [-0.2, 0) is 19.1 Å². The lowest BCUT2D eigenvalue weighted by molar-refractivity contribution is -0.384. The Morgan fingerprint density at radius 1 is 1.23 bits per heavy atom. The van der Waals surface area contributed by atoms with Crippen LogP contribution >= 0.6 is 23.2 Å². The second-order valence-electron chi connectivity index (χ2n) is 6.46. The minimum absolute atomic E-state index is 0.00344. The van der Waals surface area contributed by atoms with Gasteiger partial charge in [-0.15, -0.1) is 0 Å². The zero-order chi connectivity index (χ0) is 21.8. The molecule has 1 saturated heterocycles. The van der Waals surface area contributed by atoms with Crippen molar-refractivity contribution in [3.8, 4) is 0 Å². The molecule has 2 aromatic carbocycles. The summed E-state index contributed by atoms with van der Waals surface area (Å²) in [6.45, 7) is -0.553. The molecule has 156 valence electrons. The number of nitrogens with one attached hydrogen (secondary N) is 1. The van der Waals surface area contributed by atoms with Gasteiger partial charge in [-0.05, 0) is 24.3 Å². The van der Waals surface area contributed by atoms with Crippen LogP contribution < -0.4 is 10.2 Å². The topological polar surface area (TPSA) is 119 Å². The van der Waals surface area contributed by atoms with Gasteiger partial charge >= 0.3 is 5.97 Å². The summed E-state index contributed by atoms with van der Waals surface area (Å²) in [5.74, 6) is -2.47. The Hall–Kier alpha value is -3.17. The minimum atomic E-state index is -0.788. The summed E-state index contributed by atoms with van der Waals surface area (Å²) in [4.78, 5) is 48.2. The monoisotopic (exact) mass is 451 g/mol. The van der Waals surface area contributed by atoms with E-state index in [-0.39, 0.29) is 29.6 Å². The zero-order valence-electron chi connectivity index (χ0n) is 15.3. The summed E-state index contributed by atoms with van der Waals surface area (Å²) in [6.07, 6.45) is -0.119. The molecule has 1 N–H and O–H groups in total. The van der Waals surface area contributed by atoms with Crippen LogP contribution in [-0.4, -0.2) is 35.9 Å². The number of anilines is 2. The van der Waals surface area contributed by atoms with Gasteiger partial charge < -0.3 is 15.0 Å². The standard InChI is InChI=1S/C19H15Cl2N3O6/c20-12-4-5-16(15(21)7-12)22-17(25)10-30-19(27)11-6-18(26)23(9-11)13-2-1-3-14(8-13)24(28)29/h1-5,7-8,11H,6,9-10H2,(H,22,25)/t11-/m0/s1. The smallest absolute Gasteiger partial charge is 0.311 e. The highest BCUT2D eigenvalue weighted by Crippen LogP contribution is 2.29. The highest BCUT2D eigenvalue weighted by atomic mass is 35.5. The van der Waals surface area contributed by atoms with Gasteiger partial charge in [-0.3, -0.25) is 24.5 Å². The summed E-state index contributed by atoms with van der Waals surface area (Å²) in [7, 11) is 0. The van der Waals surface area contributed by atoms with Crippen molar-refractivity contribution in [1.29, 1.82) is 0 Å². The molecule has 0 unspecified atom stereocenters. The number of amides is 2. The normalized spacial score (nSPS) is 15.7. The van der Waals surface area contributed by atoms with Crippen molar-refractivity contribution in [3.63, 3.8) is 0 Å². The van der Waals surface area contributed by atoms with Gasteiger partial charge in [0.05, 0.1) is 27.2 Å². The lowest BCUT2D eigenvalue weighted by atomic mass is 10.1. The lowest BCUT2D eigenvalue weighted by Crippen LogP contribution is -2.28. The van der Waals surface area contributed by atoms with Crippen LogP contribution in [0.3, 0.4) is 0 Å². The van der Waals surface area contributed by atoms with Gasteiger partial charge in [-0.1, -0.05) is 29.3 Å². The summed E-state index contributed by atoms with van der Waals surface area (Å²) in [5, 5.41) is 14.0. The van der Waals surface area contributed by atoms with Gasteiger partial charge in [-0.2, -0.15) is 0 Å². The molecule has 11 heteroatoms. The molecule has 0 saturated carbocycles. The number of nitro groups is 1. The molecule has 2 amide bonds. The number of benzene rings is 2. The van der Waals surface area contributed by atoms with E-state index in [1.54, 1.807) is 12.1 Å². The highest BCUT2D eigenvalue weighted by molar-refractivity contribution is 6.36. The fourth-order valence-electron chi connectivity index (χ4n) is 2.92. The number of hydrogen-bond acceptors (Lipinski definition) is 6. The van der Waals surface area contributed by atoms with Gasteiger partial charge in [0.25, 0.3) is 11.6 Å². The van der Waals surface area contributed by atoms with E-state index in [0.717, 1.165) is 0 Å². The van der Waals surface area contributed by atoms with E-state index in [0.29, 0.717) is 16.4 Å². The van der Waals surface area contributed by atoms with E-state index in [1.165, 1.54) is 35.2 Å². The molecule has 3 rings (SSSR count). The van der Waals surface area contributed by atoms with Crippen molar-refractivity contribution in [2.24, 2.45) is 5.92 Å². The molecule has 2 aromatic rings. The van der Waals surface area contributed by atoms with Crippen LogP contribution in [0, 0.1) is 16.0 Å². The molecule has 0 aliphatic carbocycles. The second-order valence-corrected chi connectivity index (χ2v) is 7.31. The first-order chi connectivity index (χ1) is 14.2. The summed E-state index contributed by atoms with van der Waals surface area (Å²) >= 11 is 11.8. The maximum absolute atomic E-state index is 12.3. The third-order valence-corrected chi connectivity index (χ3v) is 4.91. The summed E-state index contributed by atoms with van der Waals surface area (Å²) in [6, 6.07) is 10.1. The van der Waals surface area contributed by atoms with Crippen molar-refractivity contribution in [2.45, 2.75) is 6.42 Å². The predicted molar refractivity (Wildman–Crippen MR) is 110 cm³/mol. The number of ether oxygens (including phenoxy) is 1. The van der Waals surface area contributed by atoms with Crippen molar-refractivity contribution in [3.05, 3.63) is 62.6 Å². The van der Waals surface area contributed by atoms with Crippen molar-refractivity contribution in [2.75, 3.05) is 23.4 Å². The van der Waals surface area contributed by atoms with Gasteiger partial charge in [0.2, 0.25) is 5.91 Å². The number of nitrogens with zero attached hydrogens (tertiary/aromatic N) is 2. The first-order valence-electron chi connectivity index (χ1n) is 8.71. The van der Waals surface area contributed by atoms with Gasteiger partial charge in [0.15, 0.2) is 6.61 Å². The molecule has 0 bridgehead atoms. The number of carbonyl (C=O) groups is 3. The number of esters is 1. The largest absolute Gasteiger partial charge is 0.455 e. The average molecular weight is 452 g/mol. The molecule has 1 aliphatic heterocycles. The van der Waals surface area contributed by atoms with E-state index in [9.17, 15) is 24.5 Å². The first kappa shape index (κ1) is 21.5. The SMILES string of the molecule is O=C(COC(=O)[C@H]1CC(=O)N(c2cccc([N+](=O)[O-])c2)C1)Nc1ccc(Cl)cc1Cl. The molecule has 30 heavy (non-hydrogen) atoms. The summed E-state index contributed by atoms with van der Waals surface area (Å²) < 4.78 is 5.01. The predicted octanol–water partition coefficient (Wildman–Crippen LogP) is 3.44. The quantitative estimate of drug-likeness (QED) is 0.408. The number of halogens is 2. The van der Waals surface area contributed by atoms with Crippen LogP contribution in [0.15, 0.2) is 42.5 Å². The van der Waals surface area contributed by atoms with Crippen molar-refractivity contribution >= 4 is 58.0 Å². The molecule has 9 nitrogen and oxygen atoms in total. The molecule has 1 atom stereocenters. The number of nitro benzene ring substituents is 1. The number of carbonyl (C=O) groups excluding carboxylic acids is 3. The number of non-ortho nitro benzene ring substituents is 1. The van der Waals surface area contributed by atoms with Crippen molar-refractivity contribution < 1.29 is 24.0 Å². The van der Waals surface area contributed by atoms with E-state index >= 15 is 0 Å². The fourth-order valence-corrected chi connectivity index (χ4v) is 3.38. The summed E-state index contributed by atoms with van der Waals surface area (Å²) in [5.41, 5.74) is 0.471. The average Bonchev–Trinajstić information content (AvgIpc) is 3.10. The Balaban J connectivity index is 1.56. The van der Waals surface area contributed by atoms with Crippen LogP contribution in [0.2, 0.25) is 10.0 Å². The minimum Gasteiger partial charge on any atom is -0.455 e. The van der Waals surface area contributed by atoms with Gasteiger partial charge in [-0.25, -0.2) is 0 Å². The third-order valence-electron chi connectivity index (χ3n) is 4.36. The van der Waals surface area contributed by atoms with E-state index < -0.39 is 29.3 Å². The van der Waals surface area contributed by atoms with Crippen LogP contribution in [0.5, 0.6) is 0 Å². The second kappa shape index (κ2) is 9.10. The van der Waals surface area contributed by atoms with E-state index in [4.69, 9.17) is 27.9 Å². The Bertz CT molecular complexity index is 1030. The third kappa shape index (κ3) is 5.05. The van der Waals surface area contributed by atoms with Crippen molar-refractivity contribution in [1.82, 2.24) is 0 Å². The Labute approximate surface area is 180 Å². The maximum atomic E-state index is 12.3. The van der Waals surface area contributed by atoms with Crippen LogP contribution in [0.4, 0.5) is 17.1 Å². The molecule has 1 fully saturated rings. The molecular weight excluding hydrogens is 437 g/mol. The molecular formula is C19H15Cl2N3O6. The first-order valence-corrected chi connectivity index (χ1v) is 9.46. The molecule has 0 aromatic heterocycles. The Morgan fingerprint density at radius 3 is 2.70 bits per heavy atom. The Morgan fingerprint density at radius 2 is 2.00 bits per heavy atom. The van der Waals surface area contributed by atoms with Crippen LogP contribution in [0.25, 0.3) is 0 Å². The van der Waals surface area contributed by atoms with Gasteiger partial charge in [0, 0.05) is 30.1 Å². The lowest BCUT2D eigenvalue weighted by Gasteiger charge is -2.16. The number of hydrogen-bond donors (Lipinski definition) is 1. The van der Waals surface area contributed by atoms with Gasteiger partial charge in [0.1, 0.15) is 0 Å². The Kier molecular flexibility index (Phi) is 6.53. The van der Waals surface area contributed by atoms with E-state index in [2.05, 4.69) is 5.32 Å². The van der Waals surface area contributed by atoms with E-state index in [1.807, 2.05) is 0 Å². The highest BCUT2D eigenvalue weighted by Gasteiger charge is 2.36. The fraction of sp³-hybridized carbons (Fsp3) is 0.211. The maximum Gasteiger partial charge on any atom is 0.311 e. The zero-order valence-corrected chi connectivity index (χ0v) is 16.9. The molecule has 1 heterocycles. The van der Waals surface area contributed by atoms with Crippen LogP contribution in [0.1, 0.15) is 6.42 Å². The molecule has 1 aliphatic rings. The molecule has 0 radical (unpaired) electrons.